The minimum Gasteiger partial charge on any atom is -0.505 e. The maximum atomic E-state index is 12.8. The van der Waals surface area contributed by atoms with E-state index >= 15 is 0 Å². The van der Waals surface area contributed by atoms with E-state index in [2.05, 4.69) is 63.7 Å². The number of hydrogen-bond donors (Lipinski definition) is 2. The van der Waals surface area contributed by atoms with E-state index in [0.717, 1.165) is 0 Å². The van der Waals surface area contributed by atoms with Crippen LogP contribution in [-0.4, -0.2) is 33.5 Å². The highest BCUT2D eigenvalue weighted by Crippen LogP contribution is 2.62. The van der Waals surface area contributed by atoms with Gasteiger partial charge in [0, 0.05) is 22.9 Å². The van der Waals surface area contributed by atoms with Crippen LogP contribution >= 0.6 is 63.7 Å². The molecular weight excluding hydrogens is 667 g/mol. The van der Waals surface area contributed by atoms with Crippen molar-refractivity contribution in [2.75, 3.05) is 0 Å². The molecule has 0 saturated heterocycles. The normalized spacial score (nSPS) is 14.9. The van der Waals surface area contributed by atoms with E-state index in [1.54, 1.807) is 24.3 Å². The van der Waals surface area contributed by atoms with Gasteiger partial charge in [0.05, 0.1) is 25.6 Å². The number of esters is 1. The van der Waals surface area contributed by atoms with Crippen molar-refractivity contribution in [1.82, 2.24) is 0 Å². The van der Waals surface area contributed by atoms with E-state index in [-0.39, 0.29) is 40.4 Å². The Hall–Kier alpha value is -1.02. The van der Waals surface area contributed by atoms with Gasteiger partial charge < -0.3 is 19.7 Å². The molecule has 149 valence electrons. The third kappa shape index (κ3) is 2.78. The molecular formula is C20H8AlBr4O5. The Morgan fingerprint density at radius 2 is 1.30 bits per heavy atom. The van der Waals surface area contributed by atoms with Gasteiger partial charge in [-0.15, -0.1) is 0 Å². The number of fused-ring (bicyclic) bond motifs is 6. The average Bonchev–Trinajstić information content (AvgIpc) is 3.00. The number of benzene rings is 3. The van der Waals surface area contributed by atoms with E-state index in [1.165, 1.54) is 0 Å². The first-order valence-corrected chi connectivity index (χ1v) is 11.4. The smallest absolute Gasteiger partial charge is 0.340 e. The SMILES string of the molecule is O=C1OC2(c3ccccc31)c1cc(Br)c(O)c(Br)c1Oc1c2cc(Br)c(O)c1Br.[Al]. The van der Waals surface area contributed by atoms with Gasteiger partial charge in [0.25, 0.3) is 0 Å². The van der Waals surface area contributed by atoms with Crippen molar-refractivity contribution in [2.24, 2.45) is 0 Å². The van der Waals surface area contributed by atoms with Crippen LogP contribution < -0.4 is 4.74 Å². The number of rotatable bonds is 0. The Labute approximate surface area is 215 Å². The molecule has 0 fully saturated rings. The summed E-state index contributed by atoms with van der Waals surface area (Å²) >= 11 is 13.5. The van der Waals surface area contributed by atoms with Gasteiger partial charge in [-0.1, -0.05) is 18.2 Å². The van der Waals surface area contributed by atoms with Gasteiger partial charge >= 0.3 is 5.97 Å². The van der Waals surface area contributed by atoms with Gasteiger partial charge in [0.1, 0.15) is 20.4 Å². The molecule has 2 N–H and O–H groups in total. The summed E-state index contributed by atoms with van der Waals surface area (Å²) in [6.07, 6.45) is 0. The largest absolute Gasteiger partial charge is 0.505 e. The summed E-state index contributed by atoms with van der Waals surface area (Å²) in [5.74, 6) is -0.0230. The molecule has 0 aliphatic carbocycles. The lowest BCUT2D eigenvalue weighted by molar-refractivity contribution is 0.0222. The Morgan fingerprint density at radius 3 is 1.83 bits per heavy atom. The number of aromatic hydroxyl groups is 2. The van der Waals surface area contributed by atoms with Gasteiger partial charge in [-0.05, 0) is 81.9 Å². The molecule has 0 saturated carbocycles. The van der Waals surface area contributed by atoms with Crippen LogP contribution in [0.3, 0.4) is 0 Å². The fourth-order valence-electron chi connectivity index (χ4n) is 3.77. The highest BCUT2D eigenvalue weighted by atomic mass is 79.9. The number of carbonyl (C=O) groups excluding carboxylic acids is 1. The summed E-state index contributed by atoms with van der Waals surface area (Å²) in [4.78, 5) is 12.8. The molecule has 3 aromatic carbocycles. The van der Waals surface area contributed by atoms with Crippen molar-refractivity contribution in [3.8, 4) is 23.0 Å². The van der Waals surface area contributed by atoms with Crippen LogP contribution in [0.15, 0.2) is 54.3 Å². The predicted octanol–water partition coefficient (Wildman–Crippen LogP) is 6.34. The topological polar surface area (TPSA) is 76.0 Å². The fourth-order valence-corrected chi connectivity index (χ4v) is 6.17. The zero-order valence-corrected chi connectivity index (χ0v) is 22.2. The molecule has 3 aromatic rings. The third-order valence-electron chi connectivity index (χ3n) is 5.03. The average molecular weight is 675 g/mol. The van der Waals surface area contributed by atoms with Crippen LogP contribution in [0.4, 0.5) is 0 Å². The number of carbonyl (C=O) groups is 1. The third-order valence-corrected chi connectivity index (χ3v) is 7.71. The summed E-state index contributed by atoms with van der Waals surface area (Å²) in [6, 6.07) is 10.5. The Bertz CT molecular complexity index is 1200. The molecule has 0 bridgehead atoms. The van der Waals surface area contributed by atoms with Crippen LogP contribution in [0.5, 0.6) is 23.0 Å². The number of phenolic OH excluding ortho intramolecular Hbond substituents is 2. The molecule has 0 amide bonds. The molecule has 1 spiro atoms. The van der Waals surface area contributed by atoms with Crippen molar-refractivity contribution in [3.63, 3.8) is 0 Å². The van der Waals surface area contributed by atoms with Gasteiger partial charge in [-0.3, -0.25) is 0 Å². The number of ether oxygens (including phenoxy) is 2. The van der Waals surface area contributed by atoms with Crippen molar-refractivity contribution < 1.29 is 24.5 Å². The zero-order valence-electron chi connectivity index (χ0n) is 14.7. The van der Waals surface area contributed by atoms with E-state index in [9.17, 15) is 15.0 Å². The van der Waals surface area contributed by atoms with Crippen LogP contribution in [0.2, 0.25) is 0 Å². The predicted molar refractivity (Wildman–Crippen MR) is 125 cm³/mol. The van der Waals surface area contributed by atoms with E-state index in [4.69, 9.17) is 9.47 Å². The number of phenols is 2. The van der Waals surface area contributed by atoms with E-state index in [1.807, 2.05) is 12.1 Å². The standard InChI is InChI=1S/C20H8Br4O5.Al/c21-11-5-9-17(13(23)15(11)25)28-18-10(6-12(22)16(26)14(18)24)20(9)8-4-2-1-3-7(8)19(27)29-20;/h1-6,25-26H;. The Kier molecular flexibility index (Phi) is 5.58. The molecule has 10 heteroatoms. The molecule has 2 heterocycles. The second-order valence-corrected chi connectivity index (χ2v) is 9.81. The lowest BCUT2D eigenvalue weighted by Crippen LogP contribution is -2.33. The van der Waals surface area contributed by atoms with Crippen molar-refractivity contribution >= 4 is 87.1 Å². The molecule has 0 aromatic heterocycles. The first kappa shape index (κ1) is 22.2. The first-order chi connectivity index (χ1) is 13.8. The minimum absolute atomic E-state index is 0. The van der Waals surface area contributed by atoms with E-state index in [0.29, 0.717) is 40.1 Å². The van der Waals surface area contributed by atoms with Gasteiger partial charge in [0.2, 0.25) is 0 Å². The first-order valence-electron chi connectivity index (χ1n) is 8.21. The summed E-state index contributed by atoms with van der Waals surface area (Å²) in [5.41, 5.74) is 0.819. The van der Waals surface area contributed by atoms with Crippen LogP contribution in [0, 0.1) is 0 Å². The summed E-state index contributed by atoms with van der Waals surface area (Å²) < 4.78 is 13.6. The maximum Gasteiger partial charge on any atom is 0.340 e. The van der Waals surface area contributed by atoms with Crippen LogP contribution in [0.1, 0.15) is 27.0 Å². The second kappa shape index (κ2) is 7.54. The summed E-state index contributed by atoms with van der Waals surface area (Å²) in [7, 11) is 0. The lowest BCUT2D eigenvalue weighted by Gasteiger charge is -2.37. The highest BCUT2D eigenvalue weighted by Gasteiger charge is 2.55. The Morgan fingerprint density at radius 1 is 0.800 bits per heavy atom. The minimum atomic E-state index is -1.33. The van der Waals surface area contributed by atoms with Crippen molar-refractivity contribution in [3.05, 3.63) is 76.5 Å². The fraction of sp³-hybridized carbons (Fsp3) is 0.0500. The molecule has 0 atom stereocenters. The molecule has 2 aliphatic heterocycles. The second-order valence-electron chi connectivity index (χ2n) is 6.51. The molecule has 0 unspecified atom stereocenters. The monoisotopic (exact) mass is 671 g/mol. The van der Waals surface area contributed by atoms with Crippen LogP contribution in [-0.2, 0) is 10.3 Å². The van der Waals surface area contributed by atoms with E-state index < -0.39 is 11.6 Å². The van der Waals surface area contributed by atoms with Gasteiger partial charge in [-0.2, -0.15) is 0 Å². The molecule has 30 heavy (non-hydrogen) atoms. The number of halogens is 4. The zero-order chi connectivity index (χ0) is 20.7. The molecule has 2 aliphatic rings. The molecule has 5 rings (SSSR count). The quantitative estimate of drug-likeness (QED) is 0.215. The van der Waals surface area contributed by atoms with Crippen molar-refractivity contribution in [2.45, 2.75) is 5.60 Å². The summed E-state index contributed by atoms with van der Waals surface area (Å²) in [6.45, 7) is 0. The van der Waals surface area contributed by atoms with Gasteiger partial charge in [0.15, 0.2) is 17.1 Å². The van der Waals surface area contributed by atoms with Gasteiger partial charge in [-0.25, -0.2) is 4.79 Å². The van der Waals surface area contributed by atoms with Crippen molar-refractivity contribution in [1.29, 1.82) is 0 Å². The van der Waals surface area contributed by atoms with Crippen LogP contribution in [0.25, 0.3) is 0 Å². The molecule has 5 nitrogen and oxygen atoms in total. The Balaban J connectivity index is 0.00000218. The molecule has 3 radical (unpaired) electrons. The highest BCUT2D eigenvalue weighted by molar-refractivity contribution is 9.11. The maximum absolute atomic E-state index is 12.8. The summed E-state index contributed by atoms with van der Waals surface area (Å²) in [5, 5.41) is 20.8. The lowest BCUT2D eigenvalue weighted by atomic mass is 9.77. The number of hydrogen-bond acceptors (Lipinski definition) is 5.